The largest absolute Gasteiger partial charge is 0.465 e. The molecule has 0 aliphatic heterocycles. The van der Waals surface area contributed by atoms with Crippen molar-refractivity contribution in [1.29, 1.82) is 0 Å². The van der Waals surface area contributed by atoms with E-state index in [1.54, 1.807) is 11.3 Å². The predicted octanol–water partition coefficient (Wildman–Crippen LogP) is 3.64. The summed E-state index contributed by atoms with van der Waals surface area (Å²) in [5.41, 5.74) is 3.49. The van der Waals surface area contributed by atoms with Crippen LogP contribution in [0.2, 0.25) is 0 Å². The van der Waals surface area contributed by atoms with Gasteiger partial charge in [0.1, 0.15) is 5.92 Å². The fraction of sp³-hybridized carbons (Fsp3) is 0.412. The van der Waals surface area contributed by atoms with Crippen LogP contribution in [0.3, 0.4) is 0 Å². The first-order chi connectivity index (χ1) is 10.2. The van der Waals surface area contributed by atoms with Crippen molar-refractivity contribution in [1.82, 2.24) is 4.98 Å². The second-order valence-corrected chi connectivity index (χ2v) is 6.59. The van der Waals surface area contributed by atoms with Gasteiger partial charge in [-0.2, -0.15) is 0 Å². The highest BCUT2D eigenvalue weighted by atomic mass is 32.1. The highest BCUT2D eigenvalue weighted by molar-refractivity contribution is 7.11. The van der Waals surface area contributed by atoms with Gasteiger partial charge in [-0.25, -0.2) is 4.98 Å². The summed E-state index contributed by atoms with van der Waals surface area (Å²) >= 11 is 1.74. The van der Waals surface area contributed by atoms with Crippen LogP contribution in [0.5, 0.6) is 0 Å². The minimum atomic E-state index is -0.150. The third-order valence-corrected chi connectivity index (χ3v) is 4.94. The Kier molecular flexibility index (Phi) is 4.06. The van der Waals surface area contributed by atoms with Crippen LogP contribution in [0, 0.1) is 6.92 Å². The third kappa shape index (κ3) is 3.00. The van der Waals surface area contributed by atoms with Crippen LogP contribution in [0.1, 0.15) is 46.0 Å². The standard InChI is InChI=1S/C17H19NO2S/c1-3-20-17(19)13-8-9-14-16(13)18-15(21-14)10-12-6-4-11(2)5-7-12/h4-7,13H,3,8-10H2,1-2H3. The number of hydrogen-bond acceptors (Lipinski definition) is 4. The second-order valence-electron chi connectivity index (χ2n) is 5.42. The highest BCUT2D eigenvalue weighted by Gasteiger charge is 2.33. The van der Waals surface area contributed by atoms with E-state index in [2.05, 4.69) is 31.2 Å². The smallest absolute Gasteiger partial charge is 0.315 e. The van der Waals surface area contributed by atoms with Crippen molar-refractivity contribution in [3.63, 3.8) is 0 Å². The molecule has 3 nitrogen and oxygen atoms in total. The quantitative estimate of drug-likeness (QED) is 0.809. The molecule has 1 aliphatic carbocycles. The predicted molar refractivity (Wildman–Crippen MR) is 83.8 cm³/mol. The lowest BCUT2D eigenvalue weighted by Crippen LogP contribution is -2.14. The molecule has 3 rings (SSSR count). The molecule has 0 saturated heterocycles. The number of hydrogen-bond donors (Lipinski definition) is 0. The normalized spacial score (nSPS) is 16.8. The summed E-state index contributed by atoms with van der Waals surface area (Å²) in [7, 11) is 0. The Bertz CT molecular complexity index is 645. The Morgan fingerprint density at radius 2 is 2.14 bits per heavy atom. The maximum Gasteiger partial charge on any atom is 0.315 e. The molecule has 110 valence electrons. The topological polar surface area (TPSA) is 39.2 Å². The van der Waals surface area contributed by atoms with E-state index in [1.807, 2.05) is 6.92 Å². The zero-order valence-corrected chi connectivity index (χ0v) is 13.2. The van der Waals surface area contributed by atoms with Gasteiger partial charge in [-0.15, -0.1) is 11.3 Å². The molecule has 1 aromatic carbocycles. The average Bonchev–Trinajstić information content (AvgIpc) is 3.01. The molecule has 0 fully saturated rings. The van der Waals surface area contributed by atoms with Crippen LogP contribution < -0.4 is 0 Å². The van der Waals surface area contributed by atoms with Crippen LogP contribution in [0.25, 0.3) is 0 Å². The maximum absolute atomic E-state index is 12.0. The average molecular weight is 301 g/mol. The van der Waals surface area contributed by atoms with Gasteiger partial charge in [-0.05, 0) is 32.3 Å². The Hall–Kier alpha value is -1.68. The van der Waals surface area contributed by atoms with Gasteiger partial charge in [0.2, 0.25) is 0 Å². The van der Waals surface area contributed by atoms with Gasteiger partial charge in [-0.3, -0.25) is 4.79 Å². The fourth-order valence-corrected chi connectivity index (χ4v) is 3.89. The number of rotatable bonds is 4. The third-order valence-electron chi connectivity index (χ3n) is 3.81. The minimum absolute atomic E-state index is 0.122. The van der Waals surface area contributed by atoms with Crippen LogP contribution in [0.15, 0.2) is 24.3 Å². The molecule has 0 radical (unpaired) electrons. The molecular formula is C17H19NO2S. The van der Waals surface area contributed by atoms with Gasteiger partial charge in [0, 0.05) is 11.3 Å². The van der Waals surface area contributed by atoms with E-state index < -0.39 is 0 Å². The first-order valence-corrected chi connectivity index (χ1v) is 8.19. The summed E-state index contributed by atoms with van der Waals surface area (Å²) in [4.78, 5) is 17.9. The second kappa shape index (κ2) is 5.98. The molecule has 4 heteroatoms. The van der Waals surface area contributed by atoms with Crippen molar-refractivity contribution < 1.29 is 9.53 Å². The van der Waals surface area contributed by atoms with E-state index in [-0.39, 0.29) is 11.9 Å². The summed E-state index contributed by atoms with van der Waals surface area (Å²) in [6.07, 6.45) is 2.63. The minimum Gasteiger partial charge on any atom is -0.465 e. The summed E-state index contributed by atoms with van der Waals surface area (Å²) in [6, 6.07) is 8.53. The fourth-order valence-electron chi connectivity index (χ4n) is 2.71. The van der Waals surface area contributed by atoms with E-state index in [4.69, 9.17) is 9.72 Å². The molecule has 1 heterocycles. The molecule has 0 amide bonds. The van der Waals surface area contributed by atoms with Gasteiger partial charge in [-0.1, -0.05) is 29.8 Å². The lowest BCUT2D eigenvalue weighted by atomic mass is 10.1. The molecule has 1 atom stereocenters. The molecule has 0 spiro atoms. The van der Waals surface area contributed by atoms with Crippen LogP contribution >= 0.6 is 11.3 Å². The first-order valence-electron chi connectivity index (χ1n) is 7.38. The van der Waals surface area contributed by atoms with Crippen molar-refractivity contribution in [2.45, 2.75) is 39.0 Å². The molecule has 0 bridgehead atoms. The summed E-state index contributed by atoms with van der Waals surface area (Å²) in [5, 5.41) is 1.10. The van der Waals surface area contributed by atoms with Crippen LogP contribution in [-0.2, 0) is 22.4 Å². The molecule has 0 saturated carbocycles. The Labute approximate surface area is 129 Å². The Morgan fingerprint density at radius 3 is 2.86 bits per heavy atom. The first kappa shape index (κ1) is 14.3. The van der Waals surface area contributed by atoms with Crippen LogP contribution in [-0.4, -0.2) is 17.6 Å². The zero-order chi connectivity index (χ0) is 14.8. The van der Waals surface area contributed by atoms with Gasteiger partial charge >= 0.3 is 5.97 Å². The number of fused-ring (bicyclic) bond motifs is 1. The number of carbonyl (C=O) groups is 1. The lowest BCUT2D eigenvalue weighted by molar-refractivity contribution is -0.145. The number of aromatic nitrogens is 1. The van der Waals surface area contributed by atoms with E-state index in [1.165, 1.54) is 16.0 Å². The van der Waals surface area contributed by atoms with Crippen molar-refractivity contribution in [3.05, 3.63) is 51.0 Å². The Morgan fingerprint density at radius 1 is 1.38 bits per heavy atom. The van der Waals surface area contributed by atoms with Crippen molar-refractivity contribution in [3.8, 4) is 0 Å². The molecule has 1 aliphatic rings. The van der Waals surface area contributed by atoms with E-state index >= 15 is 0 Å². The number of carbonyl (C=O) groups excluding carboxylic acids is 1. The molecular weight excluding hydrogens is 282 g/mol. The molecule has 2 aromatic rings. The number of benzene rings is 1. The number of ether oxygens (including phenoxy) is 1. The van der Waals surface area contributed by atoms with Crippen LogP contribution in [0.4, 0.5) is 0 Å². The molecule has 21 heavy (non-hydrogen) atoms. The molecule has 1 aromatic heterocycles. The lowest BCUT2D eigenvalue weighted by Gasteiger charge is -2.07. The summed E-state index contributed by atoms with van der Waals surface area (Å²) < 4.78 is 5.15. The van der Waals surface area contributed by atoms with Crippen molar-refractivity contribution >= 4 is 17.3 Å². The zero-order valence-electron chi connectivity index (χ0n) is 12.4. The summed E-state index contributed by atoms with van der Waals surface area (Å²) in [6.45, 7) is 4.37. The van der Waals surface area contributed by atoms with Crippen molar-refractivity contribution in [2.75, 3.05) is 6.61 Å². The maximum atomic E-state index is 12.0. The Balaban J connectivity index is 1.77. The van der Waals surface area contributed by atoms with Crippen molar-refractivity contribution in [2.24, 2.45) is 0 Å². The van der Waals surface area contributed by atoms with Gasteiger partial charge in [0.15, 0.2) is 0 Å². The summed E-state index contributed by atoms with van der Waals surface area (Å²) in [5.74, 6) is -0.272. The monoisotopic (exact) mass is 301 g/mol. The number of nitrogens with zero attached hydrogens (tertiary/aromatic N) is 1. The highest BCUT2D eigenvalue weighted by Crippen LogP contribution is 2.37. The van der Waals surface area contributed by atoms with E-state index in [0.717, 1.165) is 30.0 Å². The van der Waals surface area contributed by atoms with E-state index in [9.17, 15) is 4.79 Å². The van der Waals surface area contributed by atoms with Gasteiger partial charge < -0.3 is 4.74 Å². The number of thiazole rings is 1. The SMILES string of the molecule is CCOC(=O)C1CCc2sc(Cc3ccc(C)cc3)nc21. The van der Waals surface area contributed by atoms with Gasteiger partial charge in [0.25, 0.3) is 0 Å². The molecule has 0 N–H and O–H groups in total. The van der Waals surface area contributed by atoms with E-state index in [0.29, 0.717) is 6.61 Å². The molecule has 1 unspecified atom stereocenters. The number of esters is 1. The number of aryl methyl sites for hydroxylation is 2. The van der Waals surface area contributed by atoms with Gasteiger partial charge in [0.05, 0.1) is 17.3 Å².